The third kappa shape index (κ3) is 1.19. The molecule has 0 bridgehead atoms. The van der Waals surface area contributed by atoms with Crippen LogP contribution in [0.3, 0.4) is 0 Å². The number of fused-ring (bicyclic) bond motifs is 1. The average Bonchev–Trinajstić information content (AvgIpc) is 3.04. The lowest BCUT2D eigenvalue weighted by molar-refractivity contribution is 0.397. The van der Waals surface area contributed by atoms with Crippen molar-refractivity contribution in [1.29, 1.82) is 0 Å². The van der Waals surface area contributed by atoms with E-state index in [-0.39, 0.29) is 0 Å². The molecule has 0 radical (unpaired) electrons. The van der Waals surface area contributed by atoms with Crippen LogP contribution < -0.4 is 4.74 Å². The Labute approximate surface area is 87.1 Å². The van der Waals surface area contributed by atoms with Gasteiger partial charge in [0.05, 0.1) is 35.9 Å². The molecule has 0 atom stereocenters. The molecular formula is C10H12N4O. The molecule has 0 saturated heterocycles. The highest BCUT2D eigenvalue weighted by molar-refractivity contribution is 5.85. The Morgan fingerprint density at radius 3 is 2.93 bits per heavy atom. The minimum atomic E-state index is 0.551. The van der Waals surface area contributed by atoms with Crippen LogP contribution in [0.15, 0.2) is 6.20 Å². The fourth-order valence-corrected chi connectivity index (χ4v) is 1.88. The smallest absolute Gasteiger partial charge is 0.244 e. The molecule has 5 nitrogen and oxygen atoms in total. The number of methoxy groups -OCH3 is 1. The van der Waals surface area contributed by atoms with Gasteiger partial charge in [0.15, 0.2) is 0 Å². The monoisotopic (exact) mass is 204 g/mol. The summed E-state index contributed by atoms with van der Waals surface area (Å²) in [5, 5.41) is 13.4. The van der Waals surface area contributed by atoms with Crippen molar-refractivity contribution in [3.8, 4) is 5.88 Å². The van der Waals surface area contributed by atoms with Crippen molar-refractivity contribution >= 4 is 10.9 Å². The van der Waals surface area contributed by atoms with Crippen LogP contribution in [0.4, 0.5) is 0 Å². The van der Waals surface area contributed by atoms with E-state index in [1.807, 2.05) is 11.6 Å². The molecule has 0 aliphatic heterocycles. The summed E-state index contributed by atoms with van der Waals surface area (Å²) in [5.41, 5.74) is 1.99. The van der Waals surface area contributed by atoms with E-state index < -0.39 is 0 Å². The molecule has 1 fully saturated rings. The minimum absolute atomic E-state index is 0.551. The van der Waals surface area contributed by atoms with Crippen LogP contribution in [0, 0.1) is 6.92 Å². The summed E-state index contributed by atoms with van der Waals surface area (Å²) in [7, 11) is 1.61. The Bertz CT molecular complexity index is 515. The van der Waals surface area contributed by atoms with Gasteiger partial charge < -0.3 is 4.74 Å². The first-order valence-corrected chi connectivity index (χ1v) is 5.05. The highest BCUT2D eigenvalue weighted by atomic mass is 16.5. The maximum Gasteiger partial charge on any atom is 0.244 e. The zero-order valence-electron chi connectivity index (χ0n) is 8.77. The molecule has 5 heteroatoms. The summed E-state index contributed by atoms with van der Waals surface area (Å²) in [6.45, 7) is 1.98. The second-order valence-corrected chi connectivity index (χ2v) is 3.88. The van der Waals surface area contributed by atoms with Crippen molar-refractivity contribution in [2.45, 2.75) is 25.8 Å². The second kappa shape index (κ2) is 2.92. The van der Waals surface area contributed by atoms with Crippen molar-refractivity contribution in [3.63, 3.8) is 0 Å². The van der Waals surface area contributed by atoms with E-state index in [4.69, 9.17) is 4.74 Å². The highest BCUT2D eigenvalue weighted by Crippen LogP contribution is 2.38. The molecule has 2 heterocycles. The fraction of sp³-hybridized carbons (Fsp3) is 0.500. The van der Waals surface area contributed by atoms with Crippen LogP contribution in [0.25, 0.3) is 10.9 Å². The molecule has 3 rings (SSSR count). The van der Waals surface area contributed by atoms with Crippen LogP contribution in [0.5, 0.6) is 5.88 Å². The molecule has 2 aromatic rings. The number of aromatic nitrogens is 4. The molecule has 1 aliphatic rings. The predicted molar refractivity (Wildman–Crippen MR) is 54.9 cm³/mol. The summed E-state index contributed by atoms with van der Waals surface area (Å²) < 4.78 is 7.24. The lowest BCUT2D eigenvalue weighted by Crippen LogP contribution is -1.97. The number of aryl methyl sites for hydroxylation is 1. The molecule has 15 heavy (non-hydrogen) atoms. The summed E-state index contributed by atoms with van der Waals surface area (Å²) in [6, 6.07) is 0.551. The lowest BCUT2D eigenvalue weighted by atomic mass is 10.3. The number of nitrogens with zero attached hydrogens (tertiary/aromatic N) is 4. The molecule has 0 aromatic carbocycles. The molecule has 1 aliphatic carbocycles. The Balaban J connectivity index is 2.32. The Kier molecular flexibility index (Phi) is 1.68. The SMILES string of the molecule is COc1nncc2c1c(C)nn2C1CC1. The van der Waals surface area contributed by atoms with Gasteiger partial charge >= 0.3 is 0 Å². The topological polar surface area (TPSA) is 52.8 Å². The largest absolute Gasteiger partial charge is 0.479 e. The summed E-state index contributed by atoms with van der Waals surface area (Å²) in [5.74, 6) is 0.567. The number of rotatable bonds is 2. The summed E-state index contributed by atoms with van der Waals surface area (Å²) in [6.07, 6.45) is 4.18. The average molecular weight is 204 g/mol. The summed E-state index contributed by atoms with van der Waals surface area (Å²) >= 11 is 0. The van der Waals surface area contributed by atoms with Crippen LogP contribution in [0.1, 0.15) is 24.6 Å². The molecule has 78 valence electrons. The van der Waals surface area contributed by atoms with Gasteiger partial charge in [-0.25, -0.2) is 0 Å². The van der Waals surface area contributed by atoms with Crippen molar-refractivity contribution in [1.82, 2.24) is 20.0 Å². The van der Waals surface area contributed by atoms with Crippen LogP contribution >= 0.6 is 0 Å². The number of hydrogen-bond donors (Lipinski definition) is 0. The van der Waals surface area contributed by atoms with E-state index >= 15 is 0 Å². The zero-order valence-corrected chi connectivity index (χ0v) is 8.77. The van der Waals surface area contributed by atoms with E-state index in [1.165, 1.54) is 12.8 Å². The van der Waals surface area contributed by atoms with Crippen molar-refractivity contribution in [2.24, 2.45) is 0 Å². The molecule has 0 amide bonds. The van der Waals surface area contributed by atoms with Gasteiger partial charge in [0.2, 0.25) is 5.88 Å². The van der Waals surface area contributed by atoms with Gasteiger partial charge in [-0.3, -0.25) is 4.68 Å². The van der Waals surface area contributed by atoms with E-state index in [2.05, 4.69) is 15.3 Å². The maximum atomic E-state index is 5.19. The van der Waals surface area contributed by atoms with Gasteiger partial charge in [-0.05, 0) is 19.8 Å². The fourth-order valence-electron chi connectivity index (χ4n) is 1.88. The molecule has 0 unspecified atom stereocenters. The van der Waals surface area contributed by atoms with Gasteiger partial charge in [0.1, 0.15) is 0 Å². The van der Waals surface area contributed by atoms with Crippen LogP contribution in [-0.2, 0) is 0 Å². The van der Waals surface area contributed by atoms with Crippen LogP contribution in [-0.4, -0.2) is 27.1 Å². The van der Waals surface area contributed by atoms with E-state index in [9.17, 15) is 0 Å². The van der Waals surface area contributed by atoms with Gasteiger partial charge in [-0.1, -0.05) is 0 Å². The first-order valence-electron chi connectivity index (χ1n) is 5.05. The van der Waals surface area contributed by atoms with Crippen LogP contribution in [0.2, 0.25) is 0 Å². The molecule has 0 spiro atoms. The van der Waals surface area contributed by atoms with Crippen molar-refractivity contribution in [3.05, 3.63) is 11.9 Å². The quantitative estimate of drug-likeness (QED) is 0.743. The van der Waals surface area contributed by atoms with Gasteiger partial charge in [-0.15, -0.1) is 5.10 Å². The third-order valence-corrected chi connectivity index (χ3v) is 2.75. The van der Waals surface area contributed by atoms with Gasteiger partial charge in [0, 0.05) is 0 Å². The third-order valence-electron chi connectivity index (χ3n) is 2.75. The van der Waals surface area contributed by atoms with E-state index in [0.717, 1.165) is 16.6 Å². The first kappa shape index (κ1) is 8.64. The molecule has 1 saturated carbocycles. The van der Waals surface area contributed by atoms with Gasteiger partial charge in [-0.2, -0.15) is 10.2 Å². The number of hydrogen-bond acceptors (Lipinski definition) is 4. The maximum absolute atomic E-state index is 5.19. The molecular weight excluding hydrogens is 192 g/mol. The normalized spacial score (nSPS) is 15.9. The standard InChI is InChI=1S/C10H12N4O/c1-6-9-8(5-11-12-10(9)15-2)14(13-6)7-3-4-7/h5,7H,3-4H2,1-2H3. The highest BCUT2D eigenvalue weighted by Gasteiger charge is 2.27. The van der Waals surface area contributed by atoms with E-state index in [1.54, 1.807) is 13.3 Å². The zero-order chi connectivity index (χ0) is 10.4. The lowest BCUT2D eigenvalue weighted by Gasteiger charge is -2.00. The Morgan fingerprint density at radius 1 is 1.47 bits per heavy atom. The van der Waals surface area contributed by atoms with Crippen molar-refractivity contribution < 1.29 is 4.74 Å². The van der Waals surface area contributed by atoms with Crippen molar-refractivity contribution in [2.75, 3.05) is 7.11 Å². The summed E-state index contributed by atoms with van der Waals surface area (Å²) in [4.78, 5) is 0. The minimum Gasteiger partial charge on any atom is -0.479 e. The van der Waals surface area contributed by atoms with E-state index in [0.29, 0.717) is 11.9 Å². The molecule has 2 aromatic heterocycles. The second-order valence-electron chi connectivity index (χ2n) is 3.88. The Hall–Kier alpha value is -1.65. The molecule has 0 N–H and O–H groups in total. The first-order chi connectivity index (χ1) is 7.31. The van der Waals surface area contributed by atoms with Gasteiger partial charge in [0.25, 0.3) is 0 Å². The number of ether oxygens (including phenoxy) is 1. The Morgan fingerprint density at radius 2 is 2.27 bits per heavy atom. The predicted octanol–water partition coefficient (Wildman–Crippen LogP) is 1.48.